The SMILES string of the molecule is Cc1c(Cl)cccc1C(=O)c1cc(Br)ccc1F. The van der Waals surface area contributed by atoms with E-state index in [1.165, 1.54) is 12.1 Å². The molecule has 0 atom stereocenters. The number of halogens is 3. The number of benzene rings is 2. The first-order valence-electron chi connectivity index (χ1n) is 5.25. The summed E-state index contributed by atoms with van der Waals surface area (Å²) in [6.45, 7) is 1.74. The number of rotatable bonds is 2. The summed E-state index contributed by atoms with van der Waals surface area (Å²) >= 11 is 9.19. The van der Waals surface area contributed by atoms with Gasteiger partial charge in [0.1, 0.15) is 5.82 Å². The van der Waals surface area contributed by atoms with Crippen molar-refractivity contribution in [3.63, 3.8) is 0 Å². The van der Waals surface area contributed by atoms with Gasteiger partial charge in [0.15, 0.2) is 5.78 Å². The molecule has 0 amide bonds. The zero-order valence-corrected chi connectivity index (χ0v) is 11.8. The number of carbonyl (C=O) groups is 1. The molecule has 0 radical (unpaired) electrons. The van der Waals surface area contributed by atoms with Crippen molar-refractivity contribution in [1.29, 1.82) is 0 Å². The highest BCUT2D eigenvalue weighted by molar-refractivity contribution is 9.10. The van der Waals surface area contributed by atoms with Crippen LogP contribution in [0.15, 0.2) is 40.9 Å². The first-order valence-corrected chi connectivity index (χ1v) is 6.42. The fourth-order valence-electron chi connectivity index (χ4n) is 1.67. The smallest absolute Gasteiger partial charge is 0.196 e. The molecule has 0 heterocycles. The van der Waals surface area contributed by atoms with Gasteiger partial charge in [-0.05, 0) is 36.8 Å². The van der Waals surface area contributed by atoms with Crippen LogP contribution in [-0.4, -0.2) is 5.78 Å². The molecule has 0 N–H and O–H groups in total. The average Bonchev–Trinajstić information content (AvgIpc) is 2.35. The molecule has 0 aromatic heterocycles. The van der Waals surface area contributed by atoms with E-state index in [1.54, 1.807) is 31.2 Å². The summed E-state index contributed by atoms with van der Waals surface area (Å²) in [5, 5.41) is 0.497. The Labute approximate surface area is 118 Å². The Hall–Kier alpha value is -1.19. The molecule has 2 aromatic carbocycles. The molecule has 4 heteroatoms. The first kappa shape index (κ1) is 13.2. The van der Waals surface area contributed by atoms with Crippen molar-refractivity contribution in [3.05, 3.63) is 68.4 Å². The molecule has 2 rings (SSSR count). The van der Waals surface area contributed by atoms with Crippen molar-refractivity contribution in [3.8, 4) is 0 Å². The summed E-state index contributed by atoms with van der Waals surface area (Å²) in [7, 11) is 0. The Morgan fingerprint density at radius 2 is 1.94 bits per heavy atom. The Balaban J connectivity index is 2.55. The molecule has 0 fully saturated rings. The van der Waals surface area contributed by atoms with Crippen molar-refractivity contribution in [2.75, 3.05) is 0 Å². The van der Waals surface area contributed by atoms with E-state index >= 15 is 0 Å². The maximum atomic E-state index is 13.7. The molecule has 0 bridgehead atoms. The van der Waals surface area contributed by atoms with Crippen molar-refractivity contribution < 1.29 is 9.18 Å². The predicted octanol–water partition coefficient (Wildman–Crippen LogP) is 4.78. The molecular weight excluding hydrogens is 319 g/mol. The van der Waals surface area contributed by atoms with E-state index in [2.05, 4.69) is 15.9 Å². The van der Waals surface area contributed by atoms with E-state index in [4.69, 9.17) is 11.6 Å². The number of hydrogen-bond acceptors (Lipinski definition) is 1. The Morgan fingerprint density at radius 1 is 1.22 bits per heavy atom. The minimum absolute atomic E-state index is 0.0368. The van der Waals surface area contributed by atoms with E-state index < -0.39 is 5.82 Å². The molecule has 0 aliphatic rings. The van der Waals surface area contributed by atoms with E-state index in [0.29, 0.717) is 20.6 Å². The lowest BCUT2D eigenvalue weighted by Crippen LogP contribution is -2.06. The van der Waals surface area contributed by atoms with E-state index in [0.717, 1.165) is 0 Å². The zero-order chi connectivity index (χ0) is 13.3. The van der Waals surface area contributed by atoms with Gasteiger partial charge in [-0.25, -0.2) is 4.39 Å². The lowest BCUT2D eigenvalue weighted by atomic mass is 9.99. The van der Waals surface area contributed by atoms with Crippen molar-refractivity contribution >= 4 is 33.3 Å². The molecule has 0 aliphatic carbocycles. The van der Waals surface area contributed by atoms with Gasteiger partial charge in [0.25, 0.3) is 0 Å². The Kier molecular flexibility index (Phi) is 3.83. The number of hydrogen-bond donors (Lipinski definition) is 0. The monoisotopic (exact) mass is 326 g/mol. The average molecular weight is 328 g/mol. The lowest BCUT2D eigenvalue weighted by molar-refractivity contribution is 0.103. The summed E-state index contributed by atoms with van der Waals surface area (Å²) in [5.74, 6) is -0.906. The minimum Gasteiger partial charge on any atom is -0.288 e. The van der Waals surface area contributed by atoms with Gasteiger partial charge in [-0.2, -0.15) is 0 Å². The summed E-state index contributed by atoms with van der Waals surface area (Å²) < 4.78 is 14.3. The van der Waals surface area contributed by atoms with E-state index in [1.807, 2.05) is 0 Å². The quantitative estimate of drug-likeness (QED) is 0.725. The van der Waals surface area contributed by atoms with Crippen LogP contribution >= 0.6 is 27.5 Å². The van der Waals surface area contributed by atoms with Gasteiger partial charge < -0.3 is 0 Å². The summed E-state index contributed by atoms with van der Waals surface area (Å²) in [4.78, 5) is 12.3. The summed E-state index contributed by atoms with van der Waals surface area (Å²) in [5.41, 5.74) is 1.11. The molecule has 92 valence electrons. The number of carbonyl (C=O) groups excluding carboxylic acids is 1. The van der Waals surface area contributed by atoms with Gasteiger partial charge in [0.2, 0.25) is 0 Å². The standard InChI is InChI=1S/C14H9BrClFO/c1-8-10(3-2-4-12(8)16)14(18)11-7-9(15)5-6-13(11)17/h2-7H,1H3. The van der Waals surface area contributed by atoms with Gasteiger partial charge in [-0.1, -0.05) is 39.7 Å². The van der Waals surface area contributed by atoms with Gasteiger partial charge in [-0.3, -0.25) is 4.79 Å². The minimum atomic E-state index is -0.539. The summed E-state index contributed by atoms with van der Waals surface area (Å²) in [6, 6.07) is 9.30. The second-order valence-electron chi connectivity index (χ2n) is 3.87. The third-order valence-electron chi connectivity index (χ3n) is 2.69. The van der Waals surface area contributed by atoms with Crippen LogP contribution in [0.3, 0.4) is 0 Å². The highest BCUT2D eigenvalue weighted by Crippen LogP contribution is 2.24. The summed E-state index contributed by atoms with van der Waals surface area (Å²) in [6.07, 6.45) is 0. The third kappa shape index (κ3) is 2.47. The van der Waals surface area contributed by atoms with Crippen LogP contribution in [0.5, 0.6) is 0 Å². The maximum absolute atomic E-state index is 13.7. The van der Waals surface area contributed by atoms with Crippen LogP contribution in [0.1, 0.15) is 21.5 Å². The normalized spacial score (nSPS) is 10.4. The van der Waals surface area contributed by atoms with Gasteiger partial charge in [0, 0.05) is 15.1 Å². The van der Waals surface area contributed by atoms with E-state index in [-0.39, 0.29) is 11.3 Å². The van der Waals surface area contributed by atoms with Crippen molar-refractivity contribution in [1.82, 2.24) is 0 Å². The van der Waals surface area contributed by atoms with Crippen molar-refractivity contribution in [2.24, 2.45) is 0 Å². The van der Waals surface area contributed by atoms with Crippen LogP contribution in [0.4, 0.5) is 4.39 Å². The van der Waals surface area contributed by atoms with Crippen LogP contribution in [0.2, 0.25) is 5.02 Å². The highest BCUT2D eigenvalue weighted by Gasteiger charge is 2.17. The van der Waals surface area contributed by atoms with E-state index in [9.17, 15) is 9.18 Å². The highest BCUT2D eigenvalue weighted by atomic mass is 79.9. The molecular formula is C14H9BrClFO. The van der Waals surface area contributed by atoms with Gasteiger partial charge in [-0.15, -0.1) is 0 Å². The Bertz CT molecular complexity index is 621. The molecule has 2 aromatic rings. The molecule has 0 unspecified atom stereocenters. The topological polar surface area (TPSA) is 17.1 Å². The van der Waals surface area contributed by atoms with Crippen LogP contribution in [-0.2, 0) is 0 Å². The zero-order valence-electron chi connectivity index (χ0n) is 9.51. The maximum Gasteiger partial charge on any atom is 0.196 e. The molecule has 0 spiro atoms. The predicted molar refractivity (Wildman–Crippen MR) is 73.7 cm³/mol. The van der Waals surface area contributed by atoms with Gasteiger partial charge in [0.05, 0.1) is 5.56 Å². The molecule has 0 aliphatic heterocycles. The second kappa shape index (κ2) is 5.21. The van der Waals surface area contributed by atoms with Crippen LogP contribution < -0.4 is 0 Å². The first-order chi connectivity index (χ1) is 8.50. The molecule has 0 saturated heterocycles. The fourth-order valence-corrected chi connectivity index (χ4v) is 2.21. The lowest BCUT2D eigenvalue weighted by Gasteiger charge is -2.07. The van der Waals surface area contributed by atoms with Crippen molar-refractivity contribution in [2.45, 2.75) is 6.92 Å². The van der Waals surface area contributed by atoms with Crippen LogP contribution in [0.25, 0.3) is 0 Å². The third-order valence-corrected chi connectivity index (χ3v) is 3.59. The molecule has 1 nitrogen and oxygen atoms in total. The Morgan fingerprint density at radius 3 is 2.67 bits per heavy atom. The second-order valence-corrected chi connectivity index (χ2v) is 5.19. The molecule has 0 saturated carbocycles. The molecule has 18 heavy (non-hydrogen) atoms. The van der Waals surface area contributed by atoms with Crippen LogP contribution in [0, 0.1) is 12.7 Å². The number of ketones is 1. The fraction of sp³-hybridized carbons (Fsp3) is 0.0714. The van der Waals surface area contributed by atoms with Gasteiger partial charge >= 0.3 is 0 Å². The largest absolute Gasteiger partial charge is 0.288 e.